The van der Waals surface area contributed by atoms with E-state index in [0.717, 1.165) is 11.1 Å². The van der Waals surface area contributed by atoms with E-state index in [1.54, 1.807) is 4.90 Å². The lowest BCUT2D eigenvalue weighted by atomic mass is 9.74. The van der Waals surface area contributed by atoms with Crippen LogP contribution in [0, 0.1) is 0 Å². The van der Waals surface area contributed by atoms with Gasteiger partial charge < -0.3 is 9.64 Å². The summed E-state index contributed by atoms with van der Waals surface area (Å²) in [4.78, 5) is 15.4. The maximum absolute atomic E-state index is 13.7. The number of benzene rings is 2. The molecule has 1 spiro atoms. The highest BCUT2D eigenvalue weighted by atomic mass is 32.2. The van der Waals surface area contributed by atoms with Crippen molar-refractivity contribution < 1.29 is 26.4 Å². The van der Waals surface area contributed by atoms with E-state index in [1.165, 1.54) is 14.9 Å². The van der Waals surface area contributed by atoms with Gasteiger partial charge in [0, 0.05) is 31.6 Å². The number of ether oxygens (including phenoxy) is 1. The van der Waals surface area contributed by atoms with Crippen LogP contribution in [-0.4, -0.2) is 82.8 Å². The number of amides is 1. The fraction of sp³-hybridized carbons (Fsp3) is 0.500. The molecule has 11 heteroatoms. The summed E-state index contributed by atoms with van der Waals surface area (Å²) in [7, 11) is -6.95. The molecule has 9 nitrogen and oxygen atoms in total. The Balaban J connectivity index is 1.32. The average Bonchev–Trinajstić information content (AvgIpc) is 3.40. The van der Waals surface area contributed by atoms with Gasteiger partial charge in [-0.25, -0.2) is 16.8 Å². The molecule has 2 fully saturated rings. The zero-order chi connectivity index (χ0) is 26.3. The summed E-state index contributed by atoms with van der Waals surface area (Å²) >= 11 is 0. The quantitative estimate of drug-likeness (QED) is 0.525. The van der Waals surface area contributed by atoms with Crippen LogP contribution in [0.25, 0.3) is 0 Å². The summed E-state index contributed by atoms with van der Waals surface area (Å²) in [6.45, 7) is 1.79. The van der Waals surface area contributed by atoms with Crippen molar-refractivity contribution >= 4 is 31.6 Å². The summed E-state index contributed by atoms with van der Waals surface area (Å²) in [5, 5.41) is 0. The molecule has 200 valence electrons. The number of carbonyl (C=O) groups excluding carboxylic acids is 1. The number of hydrogen-bond donors (Lipinski definition) is 0. The van der Waals surface area contributed by atoms with Gasteiger partial charge in [0.1, 0.15) is 6.04 Å². The van der Waals surface area contributed by atoms with E-state index in [-0.39, 0.29) is 23.7 Å². The van der Waals surface area contributed by atoms with E-state index in [0.29, 0.717) is 57.7 Å². The topological polar surface area (TPSA) is 104 Å². The Morgan fingerprint density at radius 2 is 1.70 bits per heavy atom. The van der Waals surface area contributed by atoms with E-state index in [2.05, 4.69) is 0 Å². The van der Waals surface area contributed by atoms with Crippen molar-refractivity contribution in [2.75, 3.05) is 49.1 Å². The van der Waals surface area contributed by atoms with E-state index < -0.39 is 26.1 Å². The summed E-state index contributed by atoms with van der Waals surface area (Å²) in [6, 6.07) is 16.2. The van der Waals surface area contributed by atoms with Gasteiger partial charge in [0.25, 0.3) is 0 Å². The van der Waals surface area contributed by atoms with Crippen LogP contribution in [0.5, 0.6) is 0 Å². The van der Waals surface area contributed by atoms with Gasteiger partial charge in [0.05, 0.1) is 30.9 Å². The molecule has 2 saturated heterocycles. The summed E-state index contributed by atoms with van der Waals surface area (Å²) < 4.78 is 59.1. The highest BCUT2D eigenvalue weighted by Gasteiger charge is 2.48. The smallest absolute Gasteiger partial charge is 0.243 e. The van der Waals surface area contributed by atoms with Crippen LogP contribution in [0.1, 0.15) is 30.4 Å². The third-order valence-corrected chi connectivity index (χ3v) is 10.9. The van der Waals surface area contributed by atoms with Gasteiger partial charge in [0.15, 0.2) is 0 Å². The Bertz CT molecular complexity index is 1360. The molecule has 3 heterocycles. The minimum atomic E-state index is -3.52. The standard InChI is InChI=1S/C26H33N3O6S2/c1-36(31,32)29-20-26(22-10-5-6-11-23(22)29)12-15-27(16-13-26)25(30)24(28-14-7-17-37(28,33)34)19-35-18-21-8-3-2-4-9-21/h2-6,8-11,24H,7,12-20H2,1H3/t24-/m1/s1. The van der Waals surface area contributed by atoms with Crippen LogP contribution in [-0.2, 0) is 41.6 Å². The number of anilines is 1. The first-order valence-electron chi connectivity index (χ1n) is 12.6. The monoisotopic (exact) mass is 547 g/mol. The Labute approximate surface area is 219 Å². The molecule has 0 aliphatic carbocycles. The van der Waals surface area contributed by atoms with Crippen LogP contribution in [0.3, 0.4) is 0 Å². The number of nitrogens with zero attached hydrogens (tertiary/aromatic N) is 3. The van der Waals surface area contributed by atoms with E-state index in [1.807, 2.05) is 54.6 Å². The Kier molecular flexibility index (Phi) is 7.08. The van der Waals surface area contributed by atoms with Crippen molar-refractivity contribution in [3.05, 3.63) is 65.7 Å². The molecule has 0 saturated carbocycles. The van der Waals surface area contributed by atoms with Gasteiger partial charge in [-0.1, -0.05) is 48.5 Å². The molecule has 1 atom stereocenters. The molecule has 5 rings (SSSR count). The number of carbonyl (C=O) groups is 1. The normalized spacial score (nSPS) is 21.8. The van der Waals surface area contributed by atoms with Gasteiger partial charge >= 0.3 is 0 Å². The molecule has 0 radical (unpaired) electrons. The molecule has 2 aromatic carbocycles. The number of sulfonamides is 2. The number of piperidine rings is 1. The van der Waals surface area contributed by atoms with Gasteiger partial charge in [-0.2, -0.15) is 4.31 Å². The highest BCUT2D eigenvalue weighted by molar-refractivity contribution is 7.92. The zero-order valence-electron chi connectivity index (χ0n) is 21.0. The van der Waals surface area contributed by atoms with Crippen LogP contribution in [0.15, 0.2) is 54.6 Å². The predicted molar refractivity (Wildman–Crippen MR) is 141 cm³/mol. The third kappa shape index (κ3) is 5.14. The lowest BCUT2D eigenvalue weighted by molar-refractivity contribution is -0.139. The lowest BCUT2D eigenvalue weighted by Gasteiger charge is -2.41. The van der Waals surface area contributed by atoms with Crippen LogP contribution < -0.4 is 4.31 Å². The van der Waals surface area contributed by atoms with Crippen molar-refractivity contribution in [3.8, 4) is 0 Å². The zero-order valence-corrected chi connectivity index (χ0v) is 22.6. The third-order valence-electron chi connectivity index (χ3n) is 7.78. The summed E-state index contributed by atoms with van der Waals surface area (Å²) in [5.74, 6) is -0.212. The second kappa shape index (κ2) is 10.0. The Morgan fingerprint density at radius 3 is 2.35 bits per heavy atom. The van der Waals surface area contributed by atoms with Crippen molar-refractivity contribution in [2.24, 2.45) is 0 Å². The number of fused-ring (bicyclic) bond motifs is 2. The summed E-state index contributed by atoms with van der Waals surface area (Å²) in [6.07, 6.45) is 2.92. The molecule has 0 aromatic heterocycles. The van der Waals surface area contributed by atoms with Gasteiger partial charge in [-0.3, -0.25) is 9.10 Å². The fourth-order valence-electron chi connectivity index (χ4n) is 5.82. The molecule has 0 N–H and O–H groups in total. The first-order valence-corrected chi connectivity index (χ1v) is 16.0. The fourth-order valence-corrected chi connectivity index (χ4v) is 8.50. The predicted octanol–water partition coefficient (Wildman–Crippen LogP) is 1.95. The second-order valence-corrected chi connectivity index (χ2v) is 14.1. The van der Waals surface area contributed by atoms with Gasteiger partial charge in [-0.15, -0.1) is 0 Å². The van der Waals surface area contributed by atoms with Gasteiger partial charge in [-0.05, 0) is 36.5 Å². The van der Waals surface area contributed by atoms with Crippen LogP contribution in [0.4, 0.5) is 5.69 Å². The molecule has 2 aromatic rings. The van der Waals surface area contributed by atoms with Crippen molar-refractivity contribution in [1.82, 2.24) is 9.21 Å². The minimum absolute atomic E-state index is 0.0146. The maximum Gasteiger partial charge on any atom is 0.243 e. The molecular weight excluding hydrogens is 514 g/mol. The highest BCUT2D eigenvalue weighted by Crippen LogP contribution is 2.47. The van der Waals surface area contributed by atoms with E-state index in [9.17, 15) is 21.6 Å². The first-order chi connectivity index (χ1) is 17.6. The second-order valence-electron chi connectivity index (χ2n) is 10.2. The molecular formula is C26H33N3O6S2. The van der Waals surface area contributed by atoms with E-state index in [4.69, 9.17) is 4.74 Å². The molecule has 0 bridgehead atoms. The Morgan fingerprint density at radius 1 is 1.03 bits per heavy atom. The first kappa shape index (κ1) is 26.1. The maximum atomic E-state index is 13.7. The SMILES string of the molecule is CS(=O)(=O)N1CC2(CCN(C(=O)[C@@H](COCc3ccccc3)N3CCCS3(=O)=O)CC2)c2ccccc21. The molecule has 1 amide bonds. The molecule has 0 unspecified atom stereocenters. The number of hydrogen-bond acceptors (Lipinski definition) is 6. The molecule has 3 aliphatic heterocycles. The largest absolute Gasteiger partial charge is 0.375 e. The lowest BCUT2D eigenvalue weighted by Crippen LogP contribution is -2.55. The number of rotatable bonds is 7. The van der Waals surface area contributed by atoms with Crippen molar-refractivity contribution in [2.45, 2.75) is 37.3 Å². The minimum Gasteiger partial charge on any atom is -0.375 e. The van der Waals surface area contributed by atoms with Crippen LogP contribution >= 0.6 is 0 Å². The van der Waals surface area contributed by atoms with Crippen molar-refractivity contribution in [1.29, 1.82) is 0 Å². The van der Waals surface area contributed by atoms with Gasteiger partial charge in [0.2, 0.25) is 26.0 Å². The van der Waals surface area contributed by atoms with Crippen molar-refractivity contribution in [3.63, 3.8) is 0 Å². The average molecular weight is 548 g/mol. The molecule has 3 aliphatic rings. The number of likely N-dealkylation sites (tertiary alicyclic amines) is 1. The van der Waals surface area contributed by atoms with E-state index >= 15 is 0 Å². The Hall–Kier alpha value is -2.47. The molecule has 37 heavy (non-hydrogen) atoms. The van der Waals surface area contributed by atoms with Crippen LogP contribution in [0.2, 0.25) is 0 Å². The summed E-state index contributed by atoms with van der Waals surface area (Å²) in [5.41, 5.74) is 2.29. The number of para-hydroxylation sites is 1.